The minimum atomic E-state index is -3.37. The molecule has 2 aromatic heterocycles. The fourth-order valence-electron chi connectivity index (χ4n) is 3.42. The molecule has 1 amide bonds. The zero-order valence-corrected chi connectivity index (χ0v) is 21.5. The molecule has 0 aliphatic heterocycles. The summed E-state index contributed by atoms with van der Waals surface area (Å²) < 4.78 is 30.0. The van der Waals surface area contributed by atoms with E-state index < -0.39 is 9.84 Å². The number of nitrogens with zero attached hydrogens (tertiary/aromatic N) is 4. The Morgan fingerprint density at radius 2 is 1.88 bits per heavy atom. The zero-order valence-electron chi connectivity index (χ0n) is 19.1. The minimum absolute atomic E-state index is 0.206. The molecule has 4 rings (SSSR count). The van der Waals surface area contributed by atoms with Gasteiger partial charge in [-0.3, -0.25) is 9.69 Å². The maximum atomic E-state index is 13.9. The van der Waals surface area contributed by atoms with Crippen LogP contribution in [0.1, 0.15) is 16.1 Å². The molecule has 4 aromatic rings. The van der Waals surface area contributed by atoms with Gasteiger partial charge in [-0.05, 0) is 45.3 Å². The molecule has 0 spiro atoms. The molecule has 0 saturated carbocycles. The maximum Gasteiger partial charge on any atom is 0.266 e. The summed E-state index contributed by atoms with van der Waals surface area (Å²) >= 11 is 7.63. The number of halogens is 1. The number of fused-ring (bicyclic) bond motifs is 1. The summed E-state index contributed by atoms with van der Waals surface area (Å²) in [4.78, 5) is 22.3. The summed E-state index contributed by atoms with van der Waals surface area (Å²) in [6, 6.07) is 11.9. The second-order valence-corrected chi connectivity index (χ2v) is 11.5. The van der Waals surface area contributed by atoms with Crippen LogP contribution in [0.2, 0.25) is 5.02 Å². The van der Waals surface area contributed by atoms with Gasteiger partial charge in [0, 0.05) is 24.9 Å². The van der Waals surface area contributed by atoms with Gasteiger partial charge in [0.15, 0.2) is 15.0 Å². The second kappa shape index (κ2) is 9.46. The second-order valence-electron chi connectivity index (χ2n) is 8.10. The number of hydrogen-bond acceptors (Lipinski definition) is 8. The maximum absolute atomic E-state index is 13.9. The fourth-order valence-corrected chi connectivity index (χ4v) is 5.40. The Labute approximate surface area is 206 Å². The first-order valence-corrected chi connectivity index (χ1v) is 13.4. The average Bonchev–Trinajstić information content (AvgIpc) is 3.36. The summed E-state index contributed by atoms with van der Waals surface area (Å²) in [5, 5.41) is 5.03. The lowest BCUT2D eigenvalue weighted by molar-refractivity contribution is 0.0984. The number of amides is 1. The quantitative estimate of drug-likeness (QED) is 0.354. The third-order valence-electron chi connectivity index (χ3n) is 5.23. The van der Waals surface area contributed by atoms with Gasteiger partial charge in [0.2, 0.25) is 0 Å². The van der Waals surface area contributed by atoms with E-state index in [4.69, 9.17) is 16.1 Å². The van der Waals surface area contributed by atoms with Crippen molar-refractivity contribution >= 4 is 54.0 Å². The molecule has 0 aliphatic rings. The molecule has 11 heteroatoms. The van der Waals surface area contributed by atoms with E-state index in [1.54, 1.807) is 42.2 Å². The van der Waals surface area contributed by atoms with E-state index in [9.17, 15) is 13.2 Å². The Bertz CT molecular complexity index is 1480. The Morgan fingerprint density at radius 1 is 1.15 bits per heavy atom. The van der Waals surface area contributed by atoms with Crippen molar-refractivity contribution in [3.05, 3.63) is 58.8 Å². The molecule has 0 N–H and O–H groups in total. The minimum Gasteiger partial charge on any atom is -0.360 e. The molecule has 178 valence electrons. The van der Waals surface area contributed by atoms with Crippen LogP contribution in [0, 0.1) is 6.92 Å². The molecule has 2 heterocycles. The van der Waals surface area contributed by atoms with Gasteiger partial charge in [-0.25, -0.2) is 13.4 Å². The van der Waals surface area contributed by atoms with E-state index in [0.29, 0.717) is 56.0 Å². The standard InChI is InChI=1S/C23H23ClN4O4S2/c1-14-20(21(26-32-14)16-7-5-6-8-17(16)24)22(29)28(12-11-27(2)3)23-25-18-10-9-15(34(4,30)31)13-19(18)33-23/h5-10,13H,11-12H2,1-4H3. The molecule has 0 saturated heterocycles. The zero-order chi connectivity index (χ0) is 24.6. The highest BCUT2D eigenvalue weighted by Crippen LogP contribution is 2.35. The van der Waals surface area contributed by atoms with Gasteiger partial charge < -0.3 is 9.42 Å². The lowest BCUT2D eigenvalue weighted by Crippen LogP contribution is -2.37. The van der Waals surface area contributed by atoms with Crippen LogP contribution in [0.4, 0.5) is 5.13 Å². The number of anilines is 1. The number of thiazole rings is 1. The van der Waals surface area contributed by atoms with Crippen molar-refractivity contribution in [2.24, 2.45) is 0 Å². The van der Waals surface area contributed by atoms with E-state index >= 15 is 0 Å². The topological polar surface area (TPSA) is 96.6 Å². The van der Waals surface area contributed by atoms with Gasteiger partial charge >= 0.3 is 0 Å². The number of carbonyl (C=O) groups is 1. The van der Waals surface area contributed by atoms with Gasteiger partial charge in [-0.15, -0.1) is 0 Å². The van der Waals surface area contributed by atoms with Crippen molar-refractivity contribution in [2.45, 2.75) is 11.8 Å². The van der Waals surface area contributed by atoms with Crippen LogP contribution in [0.25, 0.3) is 21.5 Å². The van der Waals surface area contributed by atoms with E-state index in [1.165, 1.54) is 17.4 Å². The summed E-state index contributed by atoms with van der Waals surface area (Å²) in [5.74, 6) is 0.0492. The molecule has 0 bridgehead atoms. The molecule has 2 aromatic carbocycles. The largest absolute Gasteiger partial charge is 0.360 e. The number of carbonyl (C=O) groups excluding carboxylic acids is 1. The van der Waals surface area contributed by atoms with Crippen LogP contribution in [0.3, 0.4) is 0 Å². The number of sulfone groups is 1. The van der Waals surface area contributed by atoms with Crippen molar-refractivity contribution in [1.29, 1.82) is 0 Å². The number of likely N-dealkylation sites (N-methyl/N-ethyl adjacent to an activating group) is 1. The lowest BCUT2D eigenvalue weighted by Gasteiger charge is -2.22. The number of hydrogen-bond donors (Lipinski definition) is 0. The van der Waals surface area contributed by atoms with Gasteiger partial charge in [0.1, 0.15) is 17.0 Å². The molecule has 0 aliphatic carbocycles. The van der Waals surface area contributed by atoms with Crippen LogP contribution in [-0.2, 0) is 9.84 Å². The van der Waals surface area contributed by atoms with E-state index in [2.05, 4.69) is 10.1 Å². The van der Waals surface area contributed by atoms with Gasteiger partial charge in [-0.2, -0.15) is 0 Å². The first kappa shape index (κ1) is 24.3. The normalized spacial score (nSPS) is 11.9. The van der Waals surface area contributed by atoms with E-state index in [0.717, 1.165) is 6.26 Å². The van der Waals surface area contributed by atoms with Crippen LogP contribution in [0.15, 0.2) is 51.9 Å². The lowest BCUT2D eigenvalue weighted by atomic mass is 10.1. The van der Waals surface area contributed by atoms with Crippen LogP contribution in [-0.4, -0.2) is 62.8 Å². The van der Waals surface area contributed by atoms with Crippen molar-refractivity contribution in [3.8, 4) is 11.3 Å². The third-order valence-corrected chi connectivity index (χ3v) is 7.71. The van der Waals surface area contributed by atoms with Crippen molar-refractivity contribution in [3.63, 3.8) is 0 Å². The van der Waals surface area contributed by atoms with Crippen molar-refractivity contribution in [1.82, 2.24) is 15.0 Å². The number of aryl methyl sites for hydroxylation is 1. The Morgan fingerprint density at radius 3 is 2.56 bits per heavy atom. The van der Waals surface area contributed by atoms with Gasteiger partial charge in [0.25, 0.3) is 5.91 Å². The summed E-state index contributed by atoms with van der Waals surface area (Å²) in [5.41, 5.74) is 1.88. The van der Waals surface area contributed by atoms with Crippen LogP contribution in [0.5, 0.6) is 0 Å². The highest BCUT2D eigenvalue weighted by molar-refractivity contribution is 7.90. The molecular formula is C23H23ClN4O4S2. The van der Waals surface area contributed by atoms with Gasteiger partial charge in [0.05, 0.1) is 20.1 Å². The predicted molar refractivity (Wildman–Crippen MR) is 135 cm³/mol. The molecular weight excluding hydrogens is 496 g/mol. The highest BCUT2D eigenvalue weighted by atomic mass is 35.5. The molecule has 8 nitrogen and oxygen atoms in total. The fraction of sp³-hybridized carbons (Fsp3) is 0.261. The van der Waals surface area contributed by atoms with Crippen LogP contribution >= 0.6 is 22.9 Å². The Balaban J connectivity index is 1.81. The molecule has 0 fully saturated rings. The summed E-state index contributed by atoms with van der Waals surface area (Å²) in [6.45, 7) is 2.63. The first-order chi connectivity index (χ1) is 16.1. The average molecular weight is 519 g/mol. The highest BCUT2D eigenvalue weighted by Gasteiger charge is 2.29. The smallest absolute Gasteiger partial charge is 0.266 e. The van der Waals surface area contributed by atoms with Gasteiger partial charge in [-0.1, -0.05) is 46.3 Å². The van der Waals surface area contributed by atoms with Crippen molar-refractivity contribution in [2.75, 3.05) is 38.3 Å². The molecule has 0 unspecified atom stereocenters. The van der Waals surface area contributed by atoms with E-state index in [1.807, 2.05) is 25.1 Å². The van der Waals surface area contributed by atoms with Crippen LogP contribution < -0.4 is 4.90 Å². The number of aromatic nitrogens is 2. The third kappa shape index (κ3) is 4.85. The first-order valence-electron chi connectivity index (χ1n) is 10.3. The number of rotatable bonds is 7. The summed E-state index contributed by atoms with van der Waals surface area (Å²) in [6.07, 6.45) is 1.16. The van der Waals surface area contributed by atoms with E-state index in [-0.39, 0.29) is 10.8 Å². The summed E-state index contributed by atoms with van der Waals surface area (Å²) in [7, 11) is 0.466. The number of benzene rings is 2. The monoisotopic (exact) mass is 518 g/mol. The molecule has 0 atom stereocenters. The molecule has 34 heavy (non-hydrogen) atoms. The molecule has 0 radical (unpaired) electrons. The Hall–Kier alpha value is -2.79. The predicted octanol–water partition coefficient (Wildman–Crippen LogP) is 4.53. The SMILES string of the molecule is Cc1onc(-c2ccccc2Cl)c1C(=O)N(CCN(C)C)c1nc2ccc(S(C)(=O)=O)cc2s1. The Kier molecular flexibility index (Phi) is 6.77. The van der Waals surface area contributed by atoms with Crippen molar-refractivity contribution < 1.29 is 17.7 Å².